The van der Waals surface area contributed by atoms with E-state index in [1.807, 2.05) is 13.8 Å². The quantitative estimate of drug-likeness (QED) is 0.708. The maximum absolute atomic E-state index is 5.89. The van der Waals surface area contributed by atoms with Gasteiger partial charge in [0.15, 0.2) is 0 Å². The minimum atomic E-state index is -0.311. The molecule has 0 saturated carbocycles. The van der Waals surface area contributed by atoms with Crippen molar-refractivity contribution in [2.24, 2.45) is 0 Å². The summed E-state index contributed by atoms with van der Waals surface area (Å²) in [5, 5.41) is 0. The van der Waals surface area contributed by atoms with Gasteiger partial charge in [-0.3, -0.25) is 0 Å². The van der Waals surface area contributed by atoms with Crippen molar-refractivity contribution in [1.82, 2.24) is 0 Å². The molecule has 0 radical (unpaired) electrons. The summed E-state index contributed by atoms with van der Waals surface area (Å²) in [6, 6.07) is 4.23. The van der Waals surface area contributed by atoms with E-state index in [1.54, 1.807) is 0 Å². The molecule has 1 aromatic rings. The van der Waals surface area contributed by atoms with Gasteiger partial charge < -0.3 is 4.74 Å². The van der Waals surface area contributed by atoms with Gasteiger partial charge in [-0.2, -0.15) is 0 Å². The van der Waals surface area contributed by atoms with Gasteiger partial charge in [0.1, 0.15) is 11.4 Å². The molecule has 1 rings (SSSR count). The molecule has 0 aliphatic heterocycles. The van der Waals surface area contributed by atoms with Gasteiger partial charge in [-0.25, -0.2) is 0 Å². The first-order chi connectivity index (χ1) is 6.85. The molecule has 0 aliphatic rings. The smallest absolute Gasteiger partial charge is 0.123 e. The summed E-state index contributed by atoms with van der Waals surface area (Å²) < 4.78 is 5.89. The molecule has 0 N–H and O–H groups in total. The second kappa shape index (κ2) is 4.44. The van der Waals surface area contributed by atoms with Crippen LogP contribution < -0.4 is 4.74 Å². The molecule has 84 valence electrons. The van der Waals surface area contributed by atoms with Crippen LogP contribution in [0, 0.1) is 20.8 Å². The molecule has 0 fully saturated rings. The van der Waals surface area contributed by atoms with Crippen LogP contribution in [0.25, 0.3) is 0 Å². The molecule has 0 spiro atoms. The molecule has 2 heteroatoms. The molecule has 1 nitrogen and oxygen atoms in total. The first kappa shape index (κ1) is 12.4. The third-order valence-corrected chi connectivity index (χ3v) is 3.14. The number of alkyl halides is 1. The predicted octanol–water partition coefficient (Wildman–Crippen LogP) is 4.01. The lowest BCUT2D eigenvalue weighted by molar-refractivity contribution is 0.133. The predicted molar refractivity (Wildman–Crippen MR) is 66.1 cm³/mol. The van der Waals surface area contributed by atoms with E-state index >= 15 is 0 Å². The van der Waals surface area contributed by atoms with Crippen LogP contribution in [-0.2, 0) is 0 Å². The monoisotopic (exact) mass is 226 g/mol. The Morgan fingerprint density at radius 3 is 2.13 bits per heavy atom. The fourth-order valence-electron chi connectivity index (χ4n) is 1.37. The number of rotatable bonds is 3. The van der Waals surface area contributed by atoms with Crippen molar-refractivity contribution >= 4 is 11.6 Å². The van der Waals surface area contributed by atoms with E-state index in [0.29, 0.717) is 5.88 Å². The molecule has 0 unspecified atom stereocenters. The summed E-state index contributed by atoms with van der Waals surface area (Å²) in [4.78, 5) is 0. The van der Waals surface area contributed by atoms with Crippen LogP contribution in [0.2, 0.25) is 0 Å². The lowest BCUT2D eigenvalue weighted by Crippen LogP contribution is -2.30. The third kappa shape index (κ3) is 3.13. The molecule has 0 saturated heterocycles. The van der Waals surface area contributed by atoms with Gasteiger partial charge in [-0.1, -0.05) is 6.07 Å². The molecule has 0 aromatic heterocycles. The van der Waals surface area contributed by atoms with E-state index < -0.39 is 0 Å². The van der Waals surface area contributed by atoms with Crippen molar-refractivity contribution in [3.8, 4) is 5.75 Å². The average Bonchev–Trinajstić information content (AvgIpc) is 2.14. The molecule has 0 bridgehead atoms. The first-order valence-corrected chi connectivity index (χ1v) is 5.72. The van der Waals surface area contributed by atoms with Gasteiger partial charge >= 0.3 is 0 Å². The zero-order valence-electron chi connectivity index (χ0n) is 10.1. The Kier molecular flexibility index (Phi) is 3.67. The number of hydrogen-bond acceptors (Lipinski definition) is 1. The van der Waals surface area contributed by atoms with Crippen LogP contribution in [0.3, 0.4) is 0 Å². The fourth-order valence-corrected chi connectivity index (χ4v) is 1.42. The highest BCUT2D eigenvalue weighted by molar-refractivity contribution is 6.18. The maximum Gasteiger partial charge on any atom is 0.123 e. The summed E-state index contributed by atoms with van der Waals surface area (Å²) in [5.41, 5.74) is 3.40. The van der Waals surface area contributed by atoms with Gasteiger partial charge in [0.2, 0.25) is 0 Å². The normalized spacial score (nSPS) is 11.6. The molecule has 1 aromatic carbocycles. The zero-order valence-corrected chi connectivity index (χ0v) is 10.9. The highest BCUT2D eigenvalue weighted by Crippen LogP contribution is 2.26. The summed E-state index contributed by atoms with van der Waals surface area (Å²) in [6.07, 6.45) is 0. The maximum atomic E-state index is 5.89. The number of benzene rings is 1. The first-order valence-electron chi connectivity index (χ1n) is 5.18. The van der Waals surface area contributed by atoms with E-state index in [4.69, 9.17) is 16.3 Å². The minimum Gasteiger partial charge on any atom is -0.486 e. The summed E-state index contributed by atoms with van der Waals surface area (Å²) in [6.45, 7) is 10.3. The van der Waals surface area contributed by atoms with Crippen LogP contribution in [0.1, 0.15) is 30.5 Å². The lowest BCUT2D eigenvalue weighted by atomic mass is 10.1. The van der Waals surface area contributed by atoms with Gasteiger partial charge in [0, 0.05) is 0 Å². The van der Waals surface area contributed by atoms with Crippen molar-refractivity contribution in [1.29, 1.82) is 0 Å². The summed E-state index contributed by atoms with van der Waals surface area (Å²) in [7, 11) is 0. The Labute approximate surface area is 97.4 Å². The molecule has 0 heterocycles. The van der Waals surface area contributed by atoms with Crippen molar-refractivity contribution in [3.05, 3.63) is 28.8 Å². The second-order valence-corrected chi connectivity index (χ2v) is 4.96. The summed E-state index contributed by atoms with van der Waals surface area (Å²) >= 11 is 5.84. The molecule has 0 atom stereocenters. The Morgan fingerprint density at radius 1 is 1.07 bits per heavy atom. The largest absolute Gasteiger partial charge is 0.486 e. The van der Waals surface area contributed by atoms with Gasteiger partial charge in [0.05, 0.1) is 5.88 Å². The fraction of sp³-hybridized carbons (Fsp3) is 0.538. The average molecular weight is 227 g/mol. The number of aryl methyl sites for hydroxylation is 3. The van der Waals surface area contributed by atoms with Crippen LogP contribution in [0.15, 0.2) is 12.1 Å². The van der Waals surface area contributed by atoms with E-state index in [0.717, 1.165) is 11.3 Å². The van der Waals surface area contributed by atoms with Gasteiger partial charge in [0.25, 0.3) is 0 Å². The van der Waals surface area contributed by atoms with Crippen LogP contribution >= 0.6 is 11.6 Å². The highest BCUT2D eigenvalue weighted by atomic mass is 35.5. The van der Waals surface area contributed by atoms with Crippen molar-refractivity contribution in [2.75, 3.05) is 5.88 Å². The minimum absolute atomic E-state index is 0.311. The van der Waals surface area contributed by atoms with Crippen LogP contribution in [0.4, 0.5) is 0 Å². The van der Waals surface area contributed by atoms with Crippen molar-refractivity contribution in [2.45, 2.75) is 40.2 Å². The SMILES string of the molecule is Cc1cc(C)c(OC(C)(C)CCl)cc1C. The number of hydrogen-bond donors (Lipinski definition) is 0. The Hall–Kier alpha value is -0.690. The molecule has 0 amide bonds. The van der Waals surface area contributed by atoms with E-state index in [-0.39, 0.29) is 5.60 Å². The van der Waals surface area contributed by atoms with Crippen LogP contribution in [0.5, 0.6) is 5.75 Å². The van der Waals surface area contributed by atoms with E-state index in [9.17, 15) is 0 Å². The summed E-state index contributed by atoms with van der Waals surface area (Å²) in [5.74, 6) is 1.42. The standard InChI is InChI=1S/C13H19ClO/c1-9-6-11(3)12(7-10(9)2)15-13(4,5)8-14/h6-7H,8H2,1-5H3. The highest BCUT2D eigenvalue weighted by Gasteiger charge is 2.19. The second-order valence-electron chi connectivity index (χ2n) is 4.70. The molecular formula is C13H19ClO. The topological polar surface area (TPSA) is 9.23 Å². The van der Waals surface area contributed by atoms with Gasteiger partial charge in [-0.05, 0) is 57.4 Å². The Bertz CT molecular complexity index is 356. The Balaban J connectivity index is 3.01. The third-order valence-electron chi connectivity index (χ3n) is 2.50. The lowest BCUT2D eigenvalue weighted by Gasteiger charge is -2.25. The molecule has 0 aliphatic carbocycles. The van der Waals surface area contributed by atoms with Crippen LogP contribution in [-0.4, -0.2) is 11.5 Å². The van der Waals surface area contributed by atoms with Crippen molar-refractivity contribution < 1.29 is 4.74 Å². The van der Waals surface area contributed by atoms with E-state index in [2.05, 4.69) is 32.9 Å². The number of ether oxygens (including phenoxy) is 1. The van der Waals surface area contributed by atoms with Crippen molar-refractivity contribution in [3.63, 3.8) is 0 Å². The molecular weight excluding hydrogens is 208 g/mol. The molecule has 15 heavy (non-hydrogen) atoms. The van der Waals surface area contributed by atoms with E-state index in [1.165, 1.54) is 11.1 Å². The Morgan fingerprint density at radius 2 is 1.60 bits per heavy atom. The van der Waals surface area contributed by atoms with Gasteiger partial charge in [-0.15, -0.1) is 11.6 Å². The number of halogens is 1. The zero-order chi connectivity index (χ0) is 11.6.